The summed E-state index contributed by atoms with van der Waals surface area (Å²) in [5.41, 5.74) is 6.41. The molecule has 2 aromatic carbocycles. The quantitative estimate of drug-likeness (QED) is 0.296. The second-order valence-electron chi connectivity index (χ2n) is 10.9. The summed E-state index contributed by atoms with van der Waals surface area (Å²) in [6, 6.07) is 13.2. The van der Waals surface area contributed by atoms with Gasteiger partial charge in [0.1, 0.15) is 0 Å². The zero-order valence-electron chi connectivity index (χ0n) is 23.2. The van der Waals surface area contributed by atoms with Gasteiger partial charge in [0, 0.05) is 47.8 Å². The van der Waals surface area contributed by atoms with Crippen molar-refractivity contribution in [2.24, 2.45) is 0 Å². The molecule has 2 saturated heterocycles. The molecule has 3 heterocycles. The second-order valence-corrected chi connectivity index (χ2v) is 11.8. The zero-order chi connectivity index (χ0) is 29.2. The van der Waals surface area contributed by atoms with E-state index in [2.05, 4.69) is 50.4 Å². The smallest absolute Gasteiger partial charge is 0.338 e. The first-order valence-electron chi connectivity index (χ1n) is 13.9. The minimum Gasteiger partial charge on any atom is -0.338 e. The number of alkyl halides is 3. The van der Waals surface area contributed by atoms with Crippen LogP contribution in [0.3, 0.4) is 0 Å². The molecule has 0 radical (unpaired) electrons. The molecule has 1 N–H and O–H groups in total. The Morgan fingerprint density at radius 1 is 1.05 bits per heavy atom. The third-order valence-electron chi connectivity index (χ3n) is 8.36. The summed E-state index contributed by atoms with van der Waals surface area (Å²) in [6.07, 6.45) is 0.453. The lowest BCUT2D eigenvalue weighted by molar-refractivity contribution is -0.137. The van der Waals surface area contributed by atoms with Crippen LogP contribution in [-0.2, 0) is 11.0 Å². The van der Waals surface area contributed by atoms with Gasteiger partial charge in [0.2, 0.25) is 0 Å². The maximum Gasteiger partial charge on any atom is 0.416 e. The molecule has 2 aliphatic rings. The Hall–Kier alpha value is -2.95. The number of nitrogens with zero attached hydrogens (tertiary/aromatic N) is 3. The van der Waals surface area contributed by atoms with Crippen LogP contribution in [0.2, 0.25) is 0 Å². The van der Waals surface area contributed by atoms with E-state index in [0.717, 1.165) is 66.6 Å². The van der Waals surface area contributed by atoms with Crippen molar-refractivity contribution in [2.75, 3.05) is 32.8 Å². The normalized spacial score (nSPS) is 18.0. The Morgan fingerprint density at radius 2 is 1.73 bits per heavy atom. The average molecular weight is 632 g/mol. The number of carbonyl (C=O) groups is 1. The van der Waals surface area contributed by atoms with Crippen LogP contribution in [0.4, 0.5) is 13.2 Å². The van der Waals surface area contributed by atoms with Crippen LogP contribution < -0.4 is 5.48 Å². The van der Waals surface area contributed by atoms with Crippen LogP contribution in [0.5, 0.6) is 0 Å². The minimum atomic E-state index is -4.46. The van der Waals surface area contributed by atoms with Crippen molar-refractivity contribution in [3.63, 3.8) is 0 Å². The molecule has 0 aliphatic carbocycles. The monoisotopic (exact) mass is 630 g/mol. The molecule has 0 spiro atoms. The third-order valence-corrected chi connectivity index (χ3v) is 8.89. The number of benzene rings is 2. The van der Waals surface area contributed by atoms with Gasteiger partial charge in [-0.1, -0.05) is 34.1 Å². The van der Waals surface area contributed by atoms with Crippen molar-refractivity contribution in [1.82, 2.24) is 20.3 Å². The molecule has 0 unspecified atom stereocenters. The topological polar surface area (TPSA) is 57.7 Å². The van der Waals surface area contributed by atoms with E-state index in [4.69, 9.17) is 4.84 Å². The molecule has 0 saturated carbocycles. The van der Waals surface area contributed by atoms with E-state index in [-0.39, 0.29) is 17.0 Å². The van der Waals surface area contributed by atoms with Gasteiger partial charge in [0.05, 0.1) is 28.9 Å². The summed E-state index contributed by atoms with van der Waals surface area (Å²) in [7, 11) is 0. The van der Waals surface area contributed by atoms with Gasteiger partial charge in [-0.05, 0) is 81.0 Å². The van der Waals surface area contributed by atoms with Gasteiger partial charge >= 0.3 is 6.18 Å². The predicted octanol–water partition coefficient (Wildman–Crippen LogP) is 7.06. The third kappa shape index (κ3) is 6.44. The molecule has 0 bridgehead atoms. The van der Waals surface area contributed by atoms with E-state index >= 15 is 0 Å². The minimum absolute atomic E-state index is 0.0324. The fraction of sp³-hybridized carbons (Fsp3) is 0.419. The lowest BCUT2D eigenvalue weighted by Crippen LogP contribution is -2.56. The van der Waals surface area contributed by atoms with Crippen LogP contribution >= 0.6 is 15.9 Å². The van der Waals surface area contributed by atoms with Gasteiger partial charge in [0.25, 0.3) is 5.91 Å². The second kappa shape index (κ2) is 12.1. The Morgan fingerprint density at radius 3 is 2.37 bits per heavy atom. The van der Waals surface area contributed by atoms with Crippen LogP contribution in [0.1, 0.15) is 61.0 Å². The highest BCUT2D eigenvalue weighted by Crippen LogP contribution is 2.36. The number of rotatable bonds is 6. The first kappa shape index (κ1) is 29.5. The molecule has 218 valence electrons. The van der Waals surface area contributed by atoms with Crippen LogP contribution in [0, 0.1) is 0 Å². The number of carbonyl (C=O) groups excluding carboxylic acids is 1. The molecule has 10 heteroatoms. The highest BCUT2D eigenvalue weighted by molar-refractivity contribution is 9.10. The number of amides is 1. The molecule has 5 rings (SSSR count). The van der Waals surface area contributed by atoms with Gasteiger partial charge in [-0.2, -0.15) is 13.2 Å². The summed E-state index contributed by atoms with van der Waals surface area (Å²) in [5, 5.41) is 0.441. The molecule has 2 aliphatic heterocycles. The molecule has 41 heavy (non-hydrogen) atoms. The van der Waals surface area contributed by atoms with Crippen molar-refractivity contribution in [3.05, 3.63) is 81.5 Å². The summed E-state index contributed by atoms with van der Waals surface area (Å²) in [5.74, 6) is -0.163. The number of piperidine rings is 2. The SMILES string of the molecule is CCONC(=C1CCN(C2(C)CCN(C(=O)c3ccnc4cc(C(F)(F)F)ccc34)CC2)CC1)c1ccc(Br)cc1. The molecular weight excluding hydrogens is 597 g/mol. The van der Waals surface area contributed by atoms with E-state index in [9.17, 15) is 18.0 Å². The van der Waals surface area contributed by atoms with E-state index in [0.29, 0.717) is 30.6 Å². The van der Waals surface area contributed by atoms with Crippen molar-refractivity contribution in [1.29, 1.82) is 0 Å². The summed E-state index contributed by atoms with van der Waals surface area (Å²) >= 11 is 3.51. The predicted molar refractivity (Wildman–Crippen MR) is 157 cm³/mol. The number of hydroxylamine groups is 1. The van der Waals surface area contributed by atoms with Crippen molar-refractivity contribution in [2.45, 2.75) is 51.2 Å². The molecule has 3 aromatic rings. The Bertz CT molecular complexity index is 1420. The zero-order valence-corrected chi connectivity index (χ0v) is 24.8. The van der Waals surface area contributed by atoms with Gasteiger partial charge in [-0.15, -0.1) is 0 Å². The first-order valence-corrected chi connectivity index (χ1v) is 14.7. The number of aromatic nitrogens is 1. The first-order chi connectivity index (χ1) is 19.6. The van der Waals surface area contributed by atoms with Crippen LogP contribution in [0.25, 0.3) is 16.6 Å². The average Bonchev–Trinajstić information content (AvgIpc) is 2.97. The molecule has 0 atom stereocenters. The number of likely N-dealkylation sites (tertiary alicyclic amines) is 2. The number of pyridine rings is 1. The number of halogens is 4. The maximum atomic E-state index is 13.5. The lowest BCUT2D eigenvalue weighted by atomic mass is 9.84. The highest BCUT2D eigenvalue weighted by atomic mass is 79.9. The Kier molecular flexibility index (Phi) is 8.73. The fourth-order valence-electron chi connectivity index (χ4n) is 5.85. The van der Waals surface area contributed by atoms with E-state index in [1.807, 2.05) is 24.0 Å². The number of fused-ring (bicyclic) bond motifs is 1. The van der Waals surface area contributed by atoms with E-state index in [1.54, 1.807) is 6.07 Å². The highest BCUT2D eigenvalue weighted by Gasteiger charge is 2.38. The standard InChI is InChI=1S/C31H34BrF3N4O2/c1-3-41-37-28(21-4-7-24(32)8-5-21)22-11-16-39(17-12-22)30(2)13-18-38(19-14-30)29(40)26-10-15-36-27-20-23(31(33,34)35)6-9-25(26)27/h4-10,15,20,37H,3,11-14,16-19H2,1-2H3. The summed E-state index contributed by atoms with van der Waals surface area (Å²) < 4.78 is 40.6. The number of hydrogen-bond donors (Lipinski definition) is 1. The summed E-state index contributed by atoms with van der Waals surface area (Å²) in [6.45, 7) is 7.82. The largest absolute Gasteiger partial charge is 0.416 e. The fourth-order valence-corrected chi connectivity index (χ4v) is 6.12. The molecule has 1 aromatic heterocycles. The van der Waals surface area contributed by atoms with Gasteiger partial charge in [0.15, 0.2) is 0 Å². The summed E-state index contributed by atoms with van der Waals surface area (Å²) in [4.78, 5) is 27.5. The van der Waals surface area contributed by atoms with Gasteiger partial charge in [-0.3, -0.25) is 25.0 Å². The maximum absolute atomic E-state index is 13.5. The molecule has 6 nitrogen and oxygen atoms in total. The molecule has 1 amide bonds. The molecule has 2 fully saturated rings. The van der Waals surface area contributed by atoms with Gasteiger partial charge < -0.3 is 4.90 Å². The van der Waals surface area contributed by atoms with E-state index < -0.39 is 11.7 Å². The van der Waals surface area contributed by atoms with Crippen LogP contribution in [-0.4, -0.2) is 59.0 Å². The number of nitrogens with one attached hydrogen (secondary N) is 1. The van der Waals surface area contributed by atoms with Gasteiger partial charge in [-0.25, -0.2) is 0 Å². The van der Waals surface area contributed by atoms with Crippen molar-refractivity contribution < 1.29 is 22.8 Å². The Labute approximate surface area is 246 Å². The van der Waals surface area contributed by atoms with Crippen molar-refractivity contribution >= 4 is 38.4 Å². The van der Waals surface area contributed by atoms with Crippen LogP contribution in [0.15, 0.2) is 64.8 Å². The number of hydrogen-bond acceptors (Lipinski definition) is 5. The lowest BCUT2D eigenvalue weighted by Gasteiger charge is -2.48. The van der Waals surface area contributed by atoms with Crippen molar-refractivity contribution in [3.8, 4) is 0 Å². The Balaban J connectivity index is 1.25. The molecular formula is C31H34BrF3N4O2. The van der Waals surface area contributed by atoms with E-state index in [1.165, 1.54) is 17.8 Å².